The number of carbonyl (C=O) groups is 2. The zero-order chi connectivity index (χ0) is 21.0. The molecular weight excluding hydrogens is 362 g/mol. The van der Waals surface area contributed by atoms with Crippen LogP contribution in [0.3, 0.4) is 0 Å². The first-order valence-electron chi connectivity index (χ1n) is 9.87. The molecular formula is C24H27N3O2. The van der Waals surface area contributed by atoms with Crippen molar-refractivity contribution >= 4 is 28.8 Å². The molecule has 1 N–H and O–H groups in total. The van der Waals surface area contributed by atoms with E-state index < -0.39 is 0 Å². The number of aromatic nitrogens is 1. The maximum absolute atomic E-state index is 13.1. The predicted molar refractivity (Wildman–Crippen MR) is 117 cm³/mol. The lowest BCUT2D eigenvalue weighted by Gasteiger charge is -2.21. The summed E-state index contributed by atoms with van der Waals surface area (Å²) in [6.45, 7) is 6.97. The molecule has 0 fully saturated rings. The second kappa shape index (κ2) is 8.78. The second-order valence-electron chi connectivity index (χ2n) is 7.07. The summed E-state index contributed by atoms with van der Waals surface area (Å²) < 4.78 is 2.02. The number of benzene rings is 2. The molecule has 3 rings (SSSR count). The molecule has 150 valence electrons. The molecule has 0 saturated carbocycles. The lowest BCUT2D eigenvalue weighted by molar-refractivity contribution is -0.127. The highest BCUT2D eigenvalue weighted by Crippen LogP contribution is 2.23. The minimum atomic E-state index is -0.294. The van der Waals surface area contributed by atoms with Gasteiger partial charge in [-0.1, -0.05) is 35.9 Å². The molecule has 0 saturated heterocycles. The van der Waals surface area contributed by atoms with E-state index in [4.69, 9.17) is 0 Å². The number of amides is 2. The molecule has 0 aliphatic heterocycles. The first-order chi connectivity index (χ1) is 13.9. The summed E-state index contributed by atoms with van der Waals surface area (Å²) in [5, 5.41) is 3.88. The normalized spacial score (nSPS) is 11.5. The van der Waals surface area contributed by atoms with E-state index in [0.29, 0.717) is 18.7 Å². The summed E-state index contributed by atoms with van der Waals surface area (Å²) in [5.41, 5.74) is 3.83. The SMILES string of the molecule is CCN(CC)C(=O)C(=Cc1cn(C)c2ccccc12)NC(=O)c1ccc(C)cc1. The van der Waals surface area contributed by atoms with Crippen LogP contribution in [0.15, 0.2) is 60.4 Å². The highest BCUT2D eigenvalue weighted by Gasteiger charge is 2.19. The van der Waals surface area contributed by atoms with Gasteiger partial charge in [-0.05, 0) is 45.0 Å². The van der Waals surface area contributed by atoms with E-state index in [1.807, 2.05) is 75.0 Å². The highest BCUT2D eigenvalue weighted by molar-refractivity contribution is 6.06. The Labute approximate surface area is 171 Å². The molecule has 5 heteroatoms. The van der Waals surface area contributed by atoms with Gasteiger partial charge in [-0.3, -0.25) is 9.59 Å². The molecule has 0 atom stereocenters. The van der Waals surface area contributed by atoms with Crippen LogP contribution >= 0.6 is 0 Å². The molecule has 0 bridgehead atoms. The van der Waals surface area contributed by atoms with Crippen LogP contribution in [0.4, 0.5) is 0 Å². The molecule has 2 aromatic carbocycles. The van der Waals surface area contributed by atoms with Gasteiger partial charge < -0.3 is 14.8 Å². The summed E-state index contributed by atoms with van der Waals surface area (Å²) in [6.07, 6.45) is 3.74. The standard InChI is InChI=1S/C24H27N3O2/c1-5-27(6-2)24(29)21(25-23(28)18-13-11-17(3)12-14-18)15-19-16-26(4)22-10-8-7-9-20(19)22/h7-16H,5-6H2,1-4H3,(H,25,28). The largest absolute Gasteiger partial charge is 0.350 e. The summed E-state index contributed by atoms with van der Waals surface area (Å²) in [4.78, 5) is 27.6. The van der Waals surface area contributed by atoms with Crippen molar-refractivity contribution in [2.45, 2.75) is 20.8 Å². The number of nitrogens with zero attached hydrogens (tertiary/aromatic N) is 2. The van der Waals surface area contributed by atoms with Gasteiger partial charge in [0, 0.05) is 48.4 Å². The summed E-state index contributed by atoms with van der Waals surface area (Å²) in [7, 11) is 1.97. The molecule has 5 nitrogen and oxygen atoms in total. The molecule has 1 aromatic heterocycles. The van der Waals surface area contributed by atoms with Gasteiger partial charge in [0.1, 0.15) is 5.70 Å². The van der Waals surface area contributed by atoms with Gasteiger partial charge in [0.15, 0.2) is 0 Å². The van der Waals surface area contributed by atoms with Gasteiger partial charge in [0.05, 0.1) is 0 Å². The van der Waals surface area contributed by atoms with Crippen LogP contribution in [0.1, 0.15) is 35.3 Å². The average Bonchev–Trinajstić information content (AvgIpc) is 3.04. The van der Waals surface area contributed by atoms with Crippen LogP contribution in [0.5, 0.6) is 0 Å². The number of hydrogen-bond acceptors (Lipinski definition) is 2. The van der Waals surface area contributed by atoms with Gasteiger partial charge in [-0.2, -0.15) is 0 Å². The molecule has 0 unspecified atom stereocenters. The Bertz CT molecular complexity index is 1060. The average molecular weight is 389 g/mol. The molecule has 0 aliphatic carbocycles. The first kappa shape index (κ1) is 20.4. The number of likely N-dealkylation sites (N-methyl/N-ethyl adjacent to an activating group) is 1. The van der Waals surface area contributed by atoms with Gasteiger partial charge >= 0.3 is 0 Å². The number of nitrogens with one attached hydrogen (secondary N) is 1. The van der Waals surface area contributed by atoms with E-state index in [2.05, 4.69) is 5.32 Å². The Kier molecular flexibility index (Phi) is 6.17. The molecule has 1 heterocycles. The quantitative estimate of drug-likeness (QED) is 0.645. The van der Waals surface area contributed by atoms with Gasteiger partial charge in [-0.25, -0.2) is 0 Å². The fourth-order valence-electron chi connectivity index (χ4n) is 3.38. The fourth-order valence-corrected chi connectivity index (χ4v) is 3.38. The van der Waals surface area contributed by atoms with Crippen LogP contribution < -0.4 is 5.32 Å². The van der Waals surface area contributed by atoms with E-state index in [1.54, 1.807) is 23.1 Å². The molecule has 0 aliphatic rings. The zero-order valence-corrected chi connectivity index (χ0v) is 17.4. The second-order valence-corrected chi connectivity index (χ2v) is 7.07. The predicted octanol–water partition coefficient (Wildman–Crippen LogP) is 4.13. The Morgan fingerprint density at radius 3 is 2.34 bits per heavy atom. The van der Waals surface area contributed by atoms with Crippen LogP contribution in [0.2, 0.25) is 0 Å². The number of carbonyl (C=O) groups excluding carboxylic acids is 2. The van der Waals surface area contributed by atoms with Gasteiger partial charge in [0.25, 0.3) is 11.8 Å². The third-order valence-electron chi connectivity index (χ3n) is 5.07. The summed E-state index contributed by atoms with van der Waals surface area (Å²) in [6, 6.07) is 15.3. The zero-order valence-electron chi connectivity index (χ0n) is 17.4. The molecule has 3 aromatic rings. The van der Waals surface area contributed by atoms with E-state index in [1.165, 1.54) is 0 Å². The molecule has 0 radical (unpaired) electrons. The van der Waals surface area contributed by atoms with Crippen molar-refractivity contribution < 1.29 is 9.59 Å². The van der Waals surface area contributed by atoms with Crippen molar-refractivity contribution in [1.82, 2.24) is 14.8 Å². The molecule has 29 heavy (non-hydrogen) atoms. The third kappa shape index (κ3) is 4.40. The fraction of sp³-hybridized carbons (Fsp3) is 0.250. The number of para-hydroxylation sites is 1. The minimum Gasteiger partial charge on any atom is -0.350 e. The Balaban J connectivity index is 2.02. The van der Waals surface area contributed by atoms with E-state index in [0.717, 1.165) is 22.0 Å². The van der Waals surface area contributed by atoms with Crippen LogP contribution in [0, 0.1) is 6.92 Å². The number of rotatable bonds is 6. The van der Waals surface area contributed by atoms with Crippen molar-refractivity contribution in [3.8, 4) is 0 Å². The molecule has 2 amide bonds. The Morgan fingerprint density at radius 2 is 1.69 bits per heavy atom. The Hall–Kier alpha value is -3.34. The summed E-state index contributed by atoms with van der Waals surface area (Å²) >= 11 is 0. The maximum atomic E-state index is 13.1. The first-order valence-corrected chi connectivity index (χ1v) is 9.87. The van der Waals surface area contributed by atoms with Crippen LogP contribution in [-0.4, -0.2) is 34.4 Å². The summed E-state index contributed by atoms with van der Waals surface area (Å²) in [5.74, 6) is -0.486. The van der Waals surface area contributed by atoms with Crippen molar-refractivity contribution in [2.24, 2.45) is 7.05 Å². The lowest BCUT2D eigenvalue weighted by atomic mass is 10.1. The number of fused-ring (bicyclic) bond motifs is 1. The number of aryl methyl sites for hydroxylation is 2. The van der Waals surface area contributed by atoms with Crippen molar-refractivity contribution in [1.29, 1.82) is 0 Å². The van der Waals surface area contributed by atoms with Crippen molar-refractivity contribution in [3.05, 3.63) is 77.1 Å². The van der Waals surface area contributed by atoms with E-state index in [-0.39, 0.29) is 17.5 Å². The van der Waals surface area contributed by atoms with Gasteiger partial charge in [0.2, 0.25) is 0 Å². The van der Waals surface area contributed by atoms with Crippen molar-refractivity contribution in [3.63, 3.8) is 0 Å². The van der Waals surface area contributed by atoms with Crippen LogP contribution in [0.25, 0.3) is 17.0 Å². The number of hydrogen-bond donors (Lipinski definition) is 1. The monoisotopic (exact) mass is 389 g/mol. The van der Waals surface area contributed by atoms with Gasteiger partial charge in [-0.15, -0.1) is 0 Å². The lowest BCUT2D eigenvalue weighted by Crippen LogP contribution is -2.38. The smallest absolute Gasteiger partial charge is 0.270 e. The van der Waals surface area contributed by atoms with E-state index >= 15 is 0 Å². The topological polar surface area (TPSA) is 54.3 Å². The Morgan fingerprint density at radius 1 is 1.03 bits per heavy atom. The van der Waals surface area contributed by atoms with E-state index in [9.17, 15) is 9.59 Å². The molecule has 0 spiro atoms. The maximum Gasteiger partial charge on any atom is 0.270 e. The van der Waals surface area contributed by atoms with Crippen LogP contribution in [-0.2, 0) is 11.8 Å². The highest BCUT2D eigenvalue weighted by atomic mass is 16.2. The minimum absolute atomic E-state index is 0.191. The third-order valence-corrected chi connectivity index (χ3v) is 5.07. The van der Waals surface area contributed by atoms with Crippen molar-refractivity contribution in [2.75, 3.05) is 13.1 Å².